The van der Waals surface area contributed by atoms with E-state index in [0.717, 1.165) is 32.2 Å². The Morgan fingerprint density at radius 3 is 2.60 bits per heavy atom. The number of ether oxygens (including phenoxy) is 1. The highest BCUT2D eigenvalue weighted by Gasteiger charge is 2.18. The fraction of sp³-hybridized carbons (Fsp3) is 0.917. The van der Waals surface area contributed by atoms with Crippen LogP contribution in [-0.2, 0) is 4.74 Å². The van der Waals surface area contributed by atoms with Gasteiger partial charge in [-0.15, -0.1) is 0 Å². The van der Waals surface area contributed by atoms with Gasteiger partial charge < -0.3 is 4.74 Å². The molecule has 1 aliphatic rings. The molecule has 86 valence electrons. The third kappa shape index (κ3) is 4.63. The Bertz CT molecular complexity index is 204. The lowest BCUT2D eigenvalue weighted by Crippen LogP contribution is -2.37. The van der Waals surface area contributed by atoms with Crippen molar-refractivity contribution in [3.8, 4) is 6.07 Å². The standard InChI is InChI=1S/C12H22N2O/c1-11(2)14(7-3-6-13)10-12-4-8-15-9-5-12/h11-12H,3-5,7-10H2,1-2H3. The third-order valence-electron chi connectivity index (χ3n) is 3.07. The molecule has 0 aromatic heterocycles. The average Bonchev–Trinajstić information content (AvgIpc) is 2.25. The van der Waals surface area contributed by atoms with Crippen molar-refractivity contribution in [1.29, 1.82) is 5.26 Å². The van der Waals surface area contributed by atoms with E-state index in [0.29, 0.717) is 12.5 Å². The van der Waals surface area contributed by atoms with Crippen LogP contribution in [0.15, 0.2) is 0 Å². The zero-order chi connectivity index (χ0) is 11.1. The Balaban J connectivity index is 2.32. The van der Waals surface area contributed by atoms with Crippen LogP contribution in [0.1, 0.15) is 33.1 Å². The highest BCUT2D eigenvalue weighted by Crippen LogP contribution is 2.17. The van der Waals surface area contributed by atoms with E-state index in [4.69, 9.17) is 10.00 Å². The highest BCUT2D eigenvalue weighted by atomic mass is 16.5. The minimum atomic E-state index is 0.543. The summed E-state index contributed by atoms with van der Waals surface area (Å²) >= 11 is 0. The summed E-state index contributed by atoms with van der Waals surface area (Å²) in [6.45, 7) is 8.27. The molecule has 1 rings (SSSR count). The molecule has 0 aromatic carbocycles. The van der Waals surface area contributed by atoms with Crippen molar-refractivity contribution in [1.82, 2.24) is 4.90 Å². The van der Waals surface area contributed by atoms with Crippen LogP contribution in [0.3, 0.4) is 0 Å². The van der Waals surface area contributed by atoms with Gasteiger partial charge in [0, 0.05) is 38.8 Å². The fourth-order valence-corrected chi connectivity index (χ4v) is 2.01. The molecule has 0 radical (unpaired) electrons. The van der Waals surface area contributed by atoms with Gasteiger partial charge in [-0.3, -0.25) is 4.90 Å². The predicted molar refractivity (Wildman–Crippen MR) is 60.5 cm³/mol. The van der Waals surface area contributed by atoms with E-state index in [1.165, 1.54) is 12.8 Å². The summed E-state index contributed by atoms with van der Waals surface area (Å²) in [5, 5.41) is 8.61. The molecule has 0 amide bonds. The molecular weight excluding hydrogens is 188 g/mol. The van der Waals surface area contributed by atoms with Gasteiger partial charge in [-0.2, -0.15) is 5.26 Å². The first-order chi connectivity index (χ1) is 7.24. The van der Waals surface area contributed by atoms with Crippen LogP contribution in [0.5, 0.6) is 0 Å². The molecule has 1 aliphatic heterocycles. The van der Waals surface area contributed by atoms with Crippen molar-refractivity contribution < 1.29 is 4.74 Å². The quantitative estimate of drug-likeness (QED) is 0.696. The van der Waals surface area contributed by atoms with Gasteiger partial charge in [-0.1, -0.05) is 0 Å². The van der Waals surface area contributed by atoms with E-state index in [2.05, 4.69) is 24.8 Å². The molecule has 1 fully saturated rings. The summed E-state index contributed by atoms with van der Waals surface area (Å²) in [4.78, 5) is 2.42. The van der Waals surface area contributed by atoms with Gasteiger partial charge in [-0.25, -0.2) is 0 Å². The van der Waals surface area contributed by atoms with Gasteiger partial charge in [0.2, 0.25) is 0 Å². The van der Waals surface area contributed by atoms with Crippen LogP contribution in [0.25, 0.3) is 0 Å². The molecule has 0 saturated carbocycles. The molecule has 15 heavy (non-hydrogen) atoms. The van der Waals surface area contributed by atoms with Gasteiger partial charge in [0.1, 0.15) is 0 Å². The molecule has 0 aliphatic carbocycles. The van der Waals surface area contributed by atoms with Gasteiger partial charge in [0.15, 0.2) is 0 Å². The van der Waals surface area contributed by atoms with Crippen molar-refractivity contribution >= 4 is 0 Å². The van der Waals surface area contributed by atoms with Crippen LogP contribution < -0.4 is 0 Å². The molecule has 0 unspecified atom stereocenters. The Morgan fingerprint density at radius 1 is 1.40 bits per heavy atom. The Hall–Kier alpha value is -0.590. The maximum atomic E-state index is 8.61. The van der Waals surface area contributed by atoms with Crippen LogP contribution in [0, 0.1) is 17.2 Å². The SMILES string of the molecule is CC(C)N(CCC#N)CC1CCOCC1. The molecule has 0 aromatic rings. The van der Waals surface area contributed by atoms with E-state index < -0.39 is 0 Å². The molecular formula is C12H22N2O. The average molecular weight is 210 g/mol. The minimum absolute atomic E-state index is 0.543. The Labute approximate surface area is 93.0 Å². The van der Waals surface area contributed by atoms with Crippen LogP contribution >= 0.6 is 0 Å². The Kier molecular flexibility index (Phi) is 5.67. The first-order valence-electron chi connectivity index (χ1n) is 5.92. The molecule has 0 spiro atoms. The smallest absolute Gasteiger partial charge is 0.0635 e. The maximum Gasteiger partial charge on any atom is 0.0635 e. The monoisotopic (exact) mass is 210 g/mol. The second-order valence-corrected chi connectivity index (χ2v) is 4.55. The lowest BCUT2D eigenvalue weighted by Gasteiger charge is -2.31. The van der Waals surface area contributed by atoms with Gasteiger partial charge in [-0.05, 0) is 32.6 Å². The number of nitriles is 1. The molecule has 0 bridgehead atoms. The predicted octanol–water partition coefficient (Wildman–Crippen LogP) is 2.04. The van der Waals surface area contributed by atoms with Crippen LogP contribution in [-0.4, -0.2) is 37.2 Å². The molecule has 1 saturated heterocycles. The molecule has 1 heterocycles. The second kappa shape index (κ2) is 6.81. The van der Waals surface area contributed by atoms with Crippen molar-refractivity contribution in [2.45, 2.75) is 39.2 Å². The normalized spacial score (nSPS) is 18.3. The van der Waals surface area contributed by atoms with E-state index in [-0.39, 0.29) is 0 Å². The lowest BCUT2D eigenvalue weighted by molar-refractivity contribution is 0.0482. The first kappa shape index (κ1) is 12.5. The lowest BCUT2D eigenvalue weighted by atomic mass is 9.99. The van der Waals surface area contributed by atoms with E-state index >= 15 is 0 Å². The van der Waals surface area contributed by atoms with Gasteiger partial charge in [0.25, 0.3) is 0 Å². The molecule has 3 nitrogen and oxygen atoms in total. The maximum absolute atomic E-state index is 8.61. The summed E-state index contributed by atoms with van der Waals surface area (Å²) in [5.74, 6) is 0.764. The van der Waals surface area contributed by atoms with Crippen molar-refractivity contribution in [2.75, 3.05) is 26.3 Å². The van der Waals surface area contributed by atoms with E-state index in [1.807, 2.05) is 0 Å². The third-order valence-corrected chi connectivity index (χ3v) is 3.07. The molecule has 3 heteroatoms. The van der Waals surface area contributed by atoms with Crippen molar-refractivity contribution in [3.05, 3.63) is 0 Å². The zero-order valence-corrected chi connectivity index (χ0v) is 9.91. The van der Waals surface area contributed by atoms with Gasteiger partial charge in [0.05, 0.1) is 6.07 Å². The first-order valence-corrected chi connectivity index (χ1v) is 5.92. The largest absolute Gasteiger partial charge is 0.381 e. The molecule has 0 N–H and O–H groups in total. The number of hydrogen-bond donors (Lipinski definition) is 0. The topological polar surface area (TPSA) is 36.3 Å². The summed E-state index contributed by atoms with van der Waals surface area (Å²) < 4.78 is 5.35. The van der Waals surface area contributed by atoms with Gasteiger partial charge >= 0.3 is 0 Å². The van der Waals surface area contributed by atoms with E-state index in [1.54, 1.807) is 0 Å². The minimum Gasteiger partial charge on any atom is -0.381 e. The van der Waals surface area contributed by atoms with Crippen molar-refractivity contribution in [3.63, 3.8) is 0 Å². The summed E-state index contributed by atoms with van der Waals surface area (Å²) in [5.41, 5.74) is 0. The zero-order valence-electron chi connectivity index (χ0n) is 9.91. The second-order valence-electron chi connectivity index (χ2n) is 4.55. The fourth-order valence-electron chi connectivity index (χ4n) is 2.01. The number of nitrogens with zero attached hydrogens (tertiary/aromatic N) is 2. The molecule has 0 atom stereocenters. The Morgan fingerprint density at radius 2 is 2.07 bits per heavy atom. The van der Waals surface area contributed by atoms with E-state index in [9.17, 15) is 0 Å². The van der Waals surface area contributed by atoms with Crippen LogP contribution in [0.2, 0.25) is 0 Å². The summed E-state index contributed by atoms with van der Waals surface area (Å²) in [7, 11) is 0. The van der Waals surface area contributed by atoms with Crippen molar-refractivity contribution in [2.24, 2.45) is 5.92 Å². The number of hydrogen-bond acceptors (Lipinski definition) is 3. The highest BCUT2D eigenvalue weighted by molar-refractivity contribution is 4.76. The summed E-state index contributed by atoms with van der Waals surface area (Å²) in [6, 6.07) is 2.77. The number of rotatable bonds is 5. The summed E-state index contributed by atoms with van der Waals surface area (Å²) in [6.07, 6.45) is 2.99. The van der Waals surface area contributed by atoms with Crippen LogP contribution in [0.4, 0.5) is 0 Å².